The van der Waals surface area contributed by atoms with Crippen molar-refractivity contribution in [3.63, 3.8) is 0 Å². The monoisotopic (exact) mass is 348 g/mol. The molecule has 3 aromatic rings. The van der Waals surface area contributed by atoms with Crippen LogP contribution in [0.5, 0.6) is 0 Å². The van der Waals surface area contributed by atoms with Gasteiger partial charge < -0.3 is 10.3 Å². The van der Waals surface area contributed by atoms with E-state index in [1.54, 1.807) is 0 Å². The van der Waals surface area contributed by atoms with Crippen molar-refractivity contribution < 1.29 is 0 Å². The number of aromatic amines is 1. The average Bonchev–Trinajstić information content (AvgIpc) is 3.09. The van der Waals surface area contributed by atoms with E-state index in [2.05, 4.69) is 77.2 Å². The van der Waals surface area contributed by atoms with Crippen LogP contribution in [0.4, 0.5) is 0 Å². The number of hydrogen-bond acceptors (Lipinski definition) is 2. The Hall–Kier alpha value is -1.97. The summed E-state index contributed by atoms with van der Waals surface area (Å²) in [5.74, 6) is 2.28. The summed E-state index contributed by atoms with van der Waals surface area (Å²) in [7, 11) is 0. The van der Waals surface area contributed by atoms with Gasteiger partial charge in [-0.2, -0.15) is 11.8 Å². The Labute approximate surface area is 153 Å². The summed E-state index contributed by atoms with van der Waals surface area (Å²) in [5.41, 5.74) is 5.53. The van der Waals surface area contributed by atoms with Crippen molar-refractivity contribution in [2.45, 2.75) is 24.6 Å². The number of rotatable bonds is 6. The first kappa shape index (κ1) is 16.5. The quantitative estimate of drug-likeness (QED) is 0.597. The van der Waals surface area contributed by atoms with E-state index in [0.717, 1.165) is 18.7 Å². The van der Waals surface area contributed by atoms with Crippen molar-refractivity contribution in [3.05, 3.63) is 78.0 Å². The topological polar surface area (TPSA) is 27.8 Å². The smallest absolute Gasteiger partial charge is 0.0457 e. The molecule has 0 fully saturated rings. The number of nitrogens with one attached hydrogen (secondary N) is 2. The van der Waals surface area contributed by atoms with Gasteiger partial charge in [0.05, 0.1) is 0 Å². The summed E-state index contributed by atoms with van der Waals surface area (Å²) in [4.78, 5) is 3.37. The maximum absolute atomic E-state index is 3.65. The molecule has 2 heterocycles. The Bertz CT molecular complexity index is 851. The maximum atomic E-state index is 3.65. The largest absolute Gasteiger partial charge is 0.361 e. The molecule has 2 N–H and O–H groups in total. The summed E-state index contributed by atoms with van der Waals surface area (Å²) in [6.07, 6.45) is 6.85. The van der Waals surface area contributed by atoms with Gasteiger partial charge in [0, 0.05) is 35.4 Å². The average molecular weight is 349 g/mol. The lowest BCUT2D eigenvalue weighted by atomic mass is 9.94. The normalized spacial score (nSPS) is 17.6. The molecule has 2 aromatic carbocycles. The van der Waals surface area contributed by atoms with E-state index in [0.29, 0.717) is 6.04 Å². The van der Waals surface area contributed by atoms with Gasteiger partial charge in [-0.3, -0.25) is 0 Å². The second kappa shape index (κ2) is 7.94. The predicted molar refractivity (Wildman–Crippen MR) is 110 cm³/mol. The Kier molecular flexibility index (Phi) is 5.24. The fourth-order valence-electron chi connectivity index (χ4n) is 3.52. The third-order valence-electron chi connectivity index (χ3n) is 4.91. The van der Waals surface area contributed by atoms with E-state index in [4.69, 9.17) is 0 Å². The molecular weight excluding hydrogens is 324 g/mol. The maximum Gasteiger partial charge on any atom is 0.0457 e. The van der Waals surface area contributed by atoms with Crippen LogP contribution in [0.15, 0.2) is 66.9 Å². The van der Waals surface area contributed by atoms with Crippen molar-refractivity contribution in [1.29, 1.82) is 0 Å². The SMILES string of the molecule is C1=C(c2ccccc2)CC(CCSCc2c[nH]c3ccccc23)NC1. The summed E-state index contributed by atoms with van der Waals surface area (Å²) < 4.78 is 0. The van der Waals surface area contributed by atoms with Crippen molar-refractivity contribution in [2.75, 3.05) is 12.3 Å². The predicted octanol–water partition coefficient (Wildman–Crippen LogP) is 5.24. The molecule has 4 rings (SSSR count). The van der Waals surface area contributed by atoms with E-state index < -0.39 is 0 Å². The minimum absolute atomic E-state index is 0.593. The third kappa shape index (κ3) is 4.00. The Morgan fingerprint density at radius 3 is 2.76 bits per heavy atom. The Balaban J connectivity index is 1.27. The molecule has 0 bridgehead atoms. The summed E-state index contributed by atoms with van der Waals surface area (Å²) in [5, 5.41) is 5.01. The highest BCUT2D eigenvalue weighted by Crippen LogP contribution is 2.26. The summed E-state index contributed by atoms with van der Waals surface area (Å²) >= 11 is 2.04. The lowest BCUT2D eigenvalue weighted by Gasteiger charge is -2.24. The van der Waals surface area contributed by atoms with Crippen LogP contribution in [0.3, 0.4) is 0 Å². The second-order valence-corrected chi connectivity index (χ2v) is 7.71. The van der Waals surface area contributed by atoms with Crippen molar-refractivity contribution in [2.24, 2.45) is 0 Å². The zero-order chi connectivity index (χ0) is 16.9. The molecule has 0 radical (unpaired) electrons. The van der Waals surface area contributed by atoms with Gasteiger partial charge >= 0.3 is 0 Å². The minimum Gasteiger partial charge on any atom is -0.361 e. The van der Waals surface area contributed by atoms with Crippen molar-refractivity contribution in [1.82, 2.24) is 10.3 Å². The second-order valence-electron chi connectivity index (χ2n) is 6.61. The molecule has 1 aliphatic heterocycles. The number of benzene rings is 2. The first-order valence-electron chi connectivity index (χ1n) is 9.01. The third-order valence-corrected chi connectivity index (χ3v) is 5.95. The van der Waals surface area contributed by atoms with Crippen molar-refractivity contribution in [3.8, 4) is 0 Å². The Morgan fingerprint density at radius 1 is 1.00 bits per heavy atom. The molecule has 0 spiro atoms. The molecule has 1 aromatic heterocycles. The number of thioether (sulfide) groups is 1. The van der Waals surface area contributed by atoms with Gasteiger partial charge in [-0.1, -0.05) is 54.6 Å². The van der Waals surface area contributed by atoms with E-state index in [1.807, 2.05) is 11.8 Å². The van der Waals surface area contributed by atoms with Crippen LogP contribution in [0.1, 0.15) is 24.0 Å². The van der Waals surface area contributed by atoms with Gasteiger partial charge in [-0.15, -0.1) is 0 Å². The van der Waals surface area contributed by atoms with Gasteiger partial charge in [-0.25, -0.2) is 0 Å². The van der Waals surface area contributed by atoms with E-state index >= 15 is 0 Å². The molecule has 1 aliphatic rings. The number of hydrogen-bond donors (Lipinski definition) is 2. The van der Waals surface area contributed by atoms with Crippen LogP contribution in [-0.4, -0.2) is 23.3 Å². The molecule has 0 amide bonds. The minimum atomic E-state index is 0.593. The van der Waals surface area contributed by atoms with Gasteiger partial charge in [0.1, 0.15) is 0 Å². The van der Waals surface area contributed by atoms with Gasteiger partial charge in [0.25, 0.3) is 0 Å². The fourth-order valence-corrected chi connectivity index (χ4v) is 4.57. The highest BCUT2D eigenvalue weighted by atomic mass is 32.2. The van der Waals surface area contributed by atoms with Gasteiger partial charge in [0.2, 0.25) is 0 Å². The molecule has 25 heavy (non-hydrogen) atoms. The highest BCUT2D eigenvalue weighted by Gasteiger charge is 2.15. The highest BCUT2D eigenvalue weighted by molar-refractivity contribution is 7.98. The Morgan fingerprint density at radius 2 is 1.84 bits per heavy atom. The molecule has 2 nitrogen and oxygen atoms in total. The number of H-pyrrole nitrogens is 1. The number of fused-ring (bicyclic) bond motifs is 1. The lowest BCUT2D eigenvalue weighted by Crippen LogP contribution is -2.33. The summed E-state index contributed by atoms with van der Waals surface area (Å²) in [6, 6.07) is 19.9. The first-order chi connectivity index (χ1) is 12.4. The first-order valence-corrected chi connectivity index (χ1v) is 10.2. The van der Waals surface area contributed by atoms with Crippen molar-refractivity contribution >= 4 is 28.2 Å². The lowest BCUT2D eigenvalue weighted by molar-refractivity contribution is 0.525. The van der Waals surface area contributed by atoms with Crippen LogP contribution in [-0.2, 0) is 5.75 Å². The van der Waals surface area contributed by atoms with Gasteiger partial charge in [0.15, 0.2) is 0 Å². The van der Waals surface area contributed by atoms with Crippen LogP contribution in [0.25, 0.3) is 16.5 Å². The van der Waals surface area contributed by atoms with E-state index in [-0.39, 0.29) is 0 Å². The molecule has 128 valence electrons. The standard InChI is InChI=1S/C22H24N2S/c1-2-6-17(7-3-1)18-10-12-23-20(14-18)11-13-25-16-19-15-24-22-9-5-4-8-21(19)22/h1-10,15,20,23-24H,11-14,16H2. The van der Waals surface area contributed by atoms with Crippen LogP contribution < -0.4 is 5.32 Å². The van der Waals surface area contributed by atoms with Gasteiger partial charge in [-0.05, 0) is 41.4 Å². The molecule has 3 heteroatoms. The van der Waals surface area contributed by atoms with E-state index in [1.165, 1.54) is 39.8 Å². The number of para-hydroxylation sites is 1. The molecule has 0 aliphatic carbocycles. The van der Waals surface area contributed by atoms with E-state index in [9.17, 15) is 0 Å². The van der Waals surface area contributed by atoms with Crippen LogP contribution in [0, 0.1) is 0 Å². The van der Waals surface area contributed by atoms with Crippen LogP contribution in [0.2, 0.25) is 0 Å². The fraction of sp³-hybridized carbons (Fsp3) is 0.273. The number of aromatic nitrogens is 1. The van der Waals surface area contributed by atoms with Crippen LogP contribution >= 0.6 is 11.8 Å². The zero-order valence-corrected chi connectivity index (χ0v) is 15.2. The summed E-state index contributed by atoms with van der Waals surface area (Å²) in [6.45, 7) is 0.988. The molecule has 0 saturated heterocycles. The zero-order valence-electron chi connectivity index (χ0n) is 14.4. The molecular formula is C22H24N2S. The molecule has 1 atom stereocenters. The molecule has 0 saturated carbocycles. The molecule has 1 unspecified atom stereocenters.